The highest BCUT2D eigenvalue weighted by atomic mass is 19.1. The van der Waals surface area contributed by atoms with E-state index in [1.807, 2.05) is 12.1 Å². The Morgan fingerprint density at radius 2 is 1.84 bits per heavy atom. The number of ether oxygens (including phenoxy) is 1. The maximum atomic E-state index is 13.5. The molecule has 0 saturated carbocycles. The zero-order valence-electron chi connectivity index (χ0n) is 17.8. The van der Waals surface area contributed by atoms with E-state index in [1.165, 1.54) is 19.2 Å². The highest BCUT2D eigenvalue weighted by Gasteiger charge is 2.27. The van der Waals surface area contributed by atoms with E-state index in [-0.39, 0.29) is 17.8 Å². The largest absolute Gasteiger partial charge is 0.496 e. The smallest absolute Gasteiger partial charge is 0.324 e. The van der Waals surface area contributed by atoms with Gasteiger partial charge in [0.15, 0.2) is 0 Å². The highest BCUT2D eigenvalue weighted by Crippen LogP contribution is 2.26. The first kappa shape index (κ1) is 21.4. The summed E-state index contributed by atoms with van der Waals surface area (Å²) >= 11 is 0. The molecular formula is C25H24FN3O3. The van der Waals surface area contributed by atoms with Gasteiger partial charge in [-0.25, -0.2) is 9.18 Å². The maximum absolute atomic E-state index is 13.5. The molecule has 1 aliphatic heterocycles. The molecule has 164 valence electrons. The maximum Gasteiger partial charge on any atom is 0.324 e. The number of nitrogens with one attached hydrogen (secondary N) is 1. The van der Waals surface area contributed by atoms with Gasteiger partial charge in [-0.3, -0.25) is 9.69 Å². The van der Waals surface area contributed by atoms with Crippen LogP contribution in [0.25, 0.3) is 0 Å². The van der Waals surface area contributed by atoms with Gasteiger partial charge in [0.25, 0.3) is 5.91 Å². The molecule has 0 spiro atoms. The van der Waals surface area contributed by atoms with Gasteiger partial charge in [0.2, 0.25) is 0 Å². The van der Waals surface area contributed by atoms with Crippen molar-refractivity contribution in [3.05, 3.63) is 89.7 Å². The Kier molecular flexibility index (Phi) is 6.35. The minimum Gasteiger partial charge on any atom is -0.496 e. The Morgan fingerprint density at radius 3 is 2.66 bits per heavy atom. The summed E-state index contributed by atoms with van der Waals surface area (Å²) in [4.78, 5) is 29.2. The summed E-state index contributed by atoms with van der Waals surface area (Å²) in [6, 6.07) is 20.3. The Balaban J connectivity index is 1.49. The highest BCUT2D eigenvalue weighted by molar-refractivity contribution is 6.06. The number of anilines is 2. The van der Waals surface area contributed by atoms with Crippen molar-refractivity contribution in [3.8, 4) is 5.75 Å². The average molecular weight is 433 g/mol. The van der Waals surface area contributed by atoms with Gasteiger partial charge in [0.05, 0.1) is 12.7 Å². The molecule has 0 bridgehead atoms. The lowest BCUT2D eigenvalue weighted by atomic mass is 10.1. The molecule has 7 heteroatoms. The van der Waals surface area contributed by atoms with Crippen molar-refractivity contribution in [1.29, 1.82) is 0 Å². The predicted octanol–water partition coefficient (Wildman–Crippen LogP) is 4.92. The fraction of sp³-hybridized carbons (Fsp3) is 0.200. The zero-order chi connectivity index (χ0) is 22.5. The second-order valence-electron chi connectivity index (χ2n) is 7.54. The van der Waals surface area contributed by atoms with Crippen LogP contribution >= 0.6 is 0 Å². The predicted molar refractivity (Wildman–Crippen MR) is 122 cm³/mol. The van der Waals surface area contributed by atoms with E-state index >= 15 is 0 Å². The van der Waals surface area contributed by atoms with Gasteiger partial charge >= 0.3 is 6.03 Å². The lowest BCUT2D eigenvalue weighted by molar-refractivity contribution is 0.102. The average Bonchev–Trinajstić information content (AvgIpc) is 2.80. The number of nitrogens with zero attached hydrogens (tertiary/aromatic N) is 2. The molecule has 1 heterocycles. The van der Waals surface area contributed by atoms with Crippen LogP contribution in [0.3, 0.4) is 0 Å². The molecule has 0 radical (unpaired) electrons. The van der Waals surface area contributed by atoms with Crippen LogP contribution in [0.15, 0.2) is 72.8 Å². The molecule has 1 saturated heterocycles. The number of benzene rings is 3. The summed E-state index contributed by atoms with van der Waals surface area (Å²) in [7, 11) is 1.52. The summed E-state index contributed by atoms with van der Waals surface area (Å²) in [5.74, 6) is -0.125. The molecule has 1 fully saturated rings. The minimum atomic E-state index is -0.317. The fourth-order valence-corrected chi connectivity index (χ4v) is 3.81. The van der Waals surface area contributed by atoms with Gasteiger partial charge in [-0.15, -0.1) is 0 Å². The molecule has 4 rings (SSSR count). The van der Waals surface area contributed by atoms with Crippen molar-refractivity contribution in [2.45, 2.75) is 13.0 Å². The van der Waals surface area contributed by atoms with Crippen molar-refractivity contribution in [2.75, 3.05) is 30.4 Å². The summed E-state index contributed by atoms with van der Waals surface area (Å²) in [5.41, 5.74) is 2.44. The van der Waals surface area contributed by atoms with Gasteiger partial charge in [-0.05, 0) is 54.4 Å². The molecule has 32 heavy (non-hydrogen) atoms. The number of rotatable bonds is 6. The van der Waals surface area contributed by atoms with E-state index in [2.05, 4.69) is 5.32 Å². The number of halogens is 1. The third kappa shape index (κ3) is 4.72. The Morgan fingerprint density at radius 1 is 1.03 bits per heavy atom. The molecule has 0 atom stereocenters. The number of urea groups is 1. The van der Waals surface area contributed by atoms with Crippen LogP contribution in [-0.2, 0) is 6.54 Å². The van der Waals surface area contributed by atoms with Gasteiger partial charge in [0.1, 0.15) is 11.6 Å². The fourth-order valence-electron chi connectivity index (χ4n) is 3.81. The number of hydrogen-bond acceptors (Lipinski definition) is 3. The van der Waals surface area contributed by atoms with Crippen LogP contribution in [0.2, 0.25) is 0 Å². The standard InChI is InChI=1S/C25H24FN3O3/c1-32-23-12-3-2-11-22(23)24(30)27-20-9-5-10-21(16-20)29-14-6-13-28(25(29)31)17-18-7-4-8-19(26)15-18/h2-5,7-12,15-16H,6,13-14,17H2,1H3,(H,27,30). The SMILES string of the molecule is COc1ccccc1C(=O)Nc1cccc(N2CCCN(Cc3cccc(F)c3)C2=O)c1. The van der Waals surface area contributed by atoms with Crippen LogP contribution in [0.4, 0.5) is 20.6 Å². The monoisotopic (exact) mass is 433 g/mol. The van der Waals surface area contributed by atoms with Crippen molar-refractivity contribution in [1.82, 2.24) is 4.90 Å². The lowest BCUT2D eigenvalue weighted by Gasteiger charge is -2.36. The summed E-state index contributed by atoms with van der Waals surface area (Å²) in [6.07, 6.45) is 0.791. The Labute approximate surface area is 186 Å². The van der Waals surface area contributed by atoms with Crippen LogP contribution in [0.5, 0.6) is 5.75 Å². The van der Waals surface area contributed by atoms with Gasteiger partial charge in [0, 0.05) is 31.0 Å². The van der Waals surface area contributed by atoms with Crippen LogP contribution in [0.1, 0.15) is 22.3 Å². The van der Waals surface area contributed by atoms with Crippen molar-refractivity contribution < 1.29 is 18.7 Å². The van der Waals surface area contributed by atoms with E-state index in [0.717, 1.165) is 12.0 Å². The molecule has 0 aromatic heterocycles. The Bertz CT molecular complexity index is 1130. The molecule has 6 nitrogen and oxygen atoms in total. The van der Waals surface area contributed by atoms with Crippen molar-refractivity contribution in [2.24, 2.45) is 0 Å². The minimum absolute atomic E-state index is 0.145. The van der Waals surface area contributed by atoms with E-state index in [0.29, 0.717) is 42.3 Å². The topological polar surface area (TPSA) is 61.9 Å². The second kappa shape index (κ2) is 9.51. The molecule has 0 aliphatic carbocycles. The van der Waals surface area contributed by atoms with E-state index < -0.39 is 0 Å². The van der Waals surface area contributed by atoms with Crippen LogP contribution < -0.4 is 15.0 Å². The molecule has 3 aromatic rings. The van der Waals surface area contributed by atoms with E-state index in [1.54, 1.807) is 58.3 Å². The number of methoxy groups -OCH3 is 1. The second-order valence-corrected chi connectivity index (χ2v) is 7.54. The van der Waals surface area contributed by atoms with Gasteiger partial charge in [-0.1, -0.05) is 30.3 Å². The summed E-state index contributed by atoms with van der Waals surface area (Å²) < 4.78 is 18.8. The van der Waals surface area contributed by atoms with Crippen LogP contribution in [-0.4, -0.2) is 37.0 Å². The molecule has 1 aliphatic rings. The normalized spacial score (nSPS) is 13.8. The number of hydrogen-bond donors (Lipinski definition) is 1. The summed E-state index contributed by atoms with van der Waals surface area (Å²) in [6.45, 7) is 1.52. The number of carbonyl (C=O) groups excluding carboxylic acids is 2. The Hall–Kier alpha value is -3.87. The first-order valence-corrected chi connectivity index (χ1v) is 10.4. The molecular weight excluding hydrogens is 409 g/mol. The first-order chi connectivity index (χ1) is 15.5. The number of amides is 3. The zero-order valence-corrected chi connectivity index (χ0v) is 17.8. The molecule has 1 N–H and O–H groups in total. The number of para-hydroxylation sites is 1. The summed E-state index contributed by atoms with van der Waals surface area (Å²) in [5, 5.41) is 2.87. The van der Waals surface area contributed by atoms with Crippen LogP contribution in [0, 0.1) is 5.82 Å². The molecule has 0 unspecified atom stereocenters. The molecule has 3 aromatic carbocycles. The first-order valence-electron chi connectivity index (χ1n) is 10.4. The lowest BCUT2D eigenvalue weighted by Crippen LogP contribution is -2.49. The number of carbonyl (C=O) groups is 2. The van der Waals surface area contributed by atoms with Gasteiger partial charge < -0.3 is 15.0 Å². The third-order valence-electron chi connectivity index (χ3n) is 5.34. The van der Waals surface area contributed by atoms with Gasteiger partial charge in [-0.2, -0.15) is 0 Å². The van der Waals surface area contributed by atoms with E-state index in [9.17, 15) is 14.0 Å². The van der Waals surface area contributed by atoms with Crippen molar-refractivity contribution in [3.63, 3.8) is 0 Å². The van der Waals surface area contributed by atoms with E-state index in [4.69, 9.17) is 4.74 Å². The molecule has 3 amide bonds. The quantitative estimate of drug-likeness (QED) is 0.600. The third-order valence-corrected chi connectivity index (χ3v) is 5.34. The van der Waals surface area contributed by atoms with Crippen molar-refractivity contribution >= 4 is 23.3 Å².